The molecule has 2 fully saturated rings. The van der Waals surface area contributed by atoms with Gasteiger partial charge in [0.05, 0.1) is 5.54 Å². The molecule has 0 aromatic carbocycles. The largest absolute Gasteiger partial charge is 0.480 e. The highest BCUT2D eigenvalue weighted by Gasteiger charge is 2.39. The molecule has 0 aromatic rings. The van der Waals surface area contributed by atoms with Gasteiger partial charge in [-0.15, -0.1) is 0 Å². The number of nitrogens with one attached hydrogen (secondary N) is 2. The molecule has 0 aliphatic carbocycles. The number of piperidine rings is 2. The summed E-state index contributed by atoms with van der Waals surface area (Å²) in [7, 11) is 7.59. The first kappa shape index (κ1) is 21.3. The number of aliphatic carboxylic acids is 1. The average molecular weight is 363 g/mol. The Hall–Kier alpha value is -0.730. The van der Waals surface area contributed by atoms with E-state index in [-0.39, 0.29) is 5.24 Å². The molecule has 24 heavy (non-hydrogen) atoms. The molecular weight excluding hydrogens is 332 g/mol. The van der Waals surface area contributed by atoms with Crippen LogP contribution in [0, 0.1) is 0 Å². The van der Waals surface area contributed by atoms with Crippen molar-refractivity contribution in [2.24, 2.45) is 0 Å². The second-order valence-corrected chi connectivity index (χ2v) is 7.19. The van der Waals surface area contributed by atoms with Gasteiger partial charge in [-0.1, -0.05) is 0 Å². The summed E-state index contributed by atoms with van der Waals surface area (Å²) >= 11 is 5.54. The average Bonchev–Trinajstić information content (AvgIpc) is 2.57. The Bertz CT molecular complexity index is 391. The number of carboxylic acids is 1. The highest BCUT2D eigenvalue weighted by Crippen LogP contribution is 2.23. The molecule has 2 aliphatic heterocycles. The van der Waals surface area contributed by atoms with Crippen molar-refractivity contribution >= 4 is 22.8 Å². The Labute approximate surface area is 149 Å². The Morgan fingerprint density at radius 1 is 0.875 bits per heavy atom. The van der Waals surface area contributed by atoms with Crippen molar-refractivity contribution in [2.45, 2.75) is 36.8 Å². The molecule has 0 saturated carbocycles. The maximum absolute atomic E-state index is 11.1. The normalized spacial score (nSPS) is 23.9. The minimum atomic E-state index is -0.724. The fraction of sp³-hybridized carbons (Fsp3) is 0.875. The lowest BCUT2D eigenvalue weighted by molar-refractivity contribution is -0.146. The summed E-state index contributed by atoms with van der Waals surface area (Å²) in [5.74, 6) is -0.724. The highest BCUT2D eigenvalue weighted by atomic mass is 35.5. The summed E-state index contributed by atoms with van der Waals surface area (Å²) in [6, 6.07) is 0. The van der Waals surface area contributed by atoms with Gasteiger partial charge >= 0.3 is 5.97 Å². The van der Waals surface area contributed by atoms with Crippen molar-refractivity contribution < 1.29 is 14.7 Å². The summed E-state index contributed by atoms with van der Waals surface area (Å²) < 4.78 is 0. The summed E-state index contributed by atoms with van der Waals surface area (Å²) in [6.07, 6.45) is 3.00. The lowest BCUT2D eigenvalue weighted by Crippen LogP contribution is -2.56. The molecule has 0 amide bonds. The monoisotopic (exact) mass is 362 g/mol. The van der Waals surface area contributed by atoms with Crippen LogP contribution in [0.5, 0.6) is 0 Å². The molecule has 0 unspecified atom stereocenters. The minimum absolute atomic E-state index is 0.252. The van der Waals surface area contributed by atoms with Crippen LogP contribution in [-0.2, 0) is 9.59 Å². The number of halogens is 1. The van der Waals surface area contributed by atoms with Crippen LogP contribution >= 0.6 is 11.6 Å². The molecule has 0 aromatic heterocycles. The summed E-state index contributed by atoms with van der Waals surface area (Å²) in [5.41, 5.74) is -1.14. The second kappa shape index (κ2) is 9.10. The van der Waals surface area contributed by atoms with Gasteiger partial charge in [0, 0.05) is 26.2 Å². The van der Waals surface area contributed by atoms with Gasteiger partial charge in [0.1, 0.15) is 5.54 Å². The standard InChI is InChI=1S/C8H15ClN2O.C8H16N2O2/c1-10-8(7(9)12)3-5-11(2)6-4-8;1-9-8(7(11)12)3-5-10(2)6-4-8/h10H,3-6H2,1-2H3;9H,3-6H2,1-2H3,(H,11,12). The topological polar surface area (TPSA) is 84.9 Å². The molecule has 2 heterocycles. The molecule has 0 spiro atoms. The van der Waals surface area contributed by atoms with Crippen LogP contribution in [0.15, 0.2) is 0 Å². The third-order valence-corrected chi connectivity index (χ3v) is 5.79. The first-order chi connectivity index (χ1) is 11.2. The van der Waals surface area contributed by atoms with E-state index in [1.807, 2.05) is 7.05 Å². The second-order valence-electron chi connectivity index (χ2n) is 6.85. The molecule has 0 radical (unpaired) electrons. The number of hydrogen-bond acceptors (Lipinski definition) is 6. The zero-order chi connectivity index (χ0) is 18.4. The smallest absolute Gasteiger partial charge is 0.323 e. The Morgan fingerprint density at radius 3 is 1.46 bits per heavy atom. The van der Waals surface area contributed by atoms with Gasteiger partial charge in [-0.25, -0.2) is 0 Å². The number of likely N-dealkylation sites (N-methyl/N-ethyl adjacent to an activating group) is 2. The van der Waals surface area contributed by atoms with Gasteiger partial charge in [-0.2, -0.15) is 0 Å². The van der Waals surface area contributed by atoms with Crippen LogP contribution in [0.25, 0.3) is 0 Å². The van der Waals surface area contributed by atoms with E-state index in [9.17, 15) is 9.59 Å². The van der Waals surface area contributed by atoms with Gasteiger partial charge in [0.25, 0.3) is 0 Å². The molecule has 140 valence electrons. The maximum atomic E-state index is 11.1. The van der Waals surface area contributed by atoms with Crippen LogP contribution in [-0.4, -0.2) is 91.6 Å². The van der Waals surface area contributed by atoms with Crippen LogP contribution in [0.1, 0.15) is 25.7 Å². The van der Waals surface area contributed by atoms with Gasteiger partial charge in [0.15, 0.2) is 0 Å². The Kier molecular flexibility index (Phi) is 8.08. The lowest BCUT2D eigenvalue weighted by Gasteiger charge is -2.37. The van der Waals surface area contributed by atoms with Gasteiger partial charge in [-0.05, 0) is 65.5 Å². The number of nitrogens with zero attached hydrogens (tertiary/aromatic N) is 2. The van der Waals surface area contributed by atoms with Gasteiger partial charge < -0.3 is 25.5 Å². The zero-order valence-electron chi connectivity index (χ0n) is 15.2. The van der Waals surface area contributed by atoms with Crippen LogP contribution in [0.3, 0.4) is 0 Å². The van der Waals surface area contributed by atoms with Crippen LogP contribution in [0.2, 0.25) is 0 Å². The van der Waals surface area contributed by atoms with Crippen LogP contribution in [0.4, 0.5) is 0 Å². The maximum Gasteiger partial charge on any atom is 0.323 e. The van der Waals surface area contributed by atoms with E-state index in [1.54, 1.807) is 14.1 Å². The summed E-state index contributed by atoms with van der Waals surface area (Å²) in [4.78, 5) is 26.4. The molecular formula is C16H31ClN4O3. The van der Waals surface area contributed by atoms with Crippen molar-refractivity contribution in [2.75, 3.05) is 54.4 Å². The molecule has 0 atom stereocenters. The fourth-order valence-electron chi connectivity index (χ4n) is 3.12. The summed E-state index contributed by atoms with van der Waals surface area (Å²) in [6.45, 7) is 3.57. The van der Waals surface area contributed by atoms with E-state index in [0.717, 1.165) is 39.0 Å². The lowest BCUT2D eigenvalue weighted by atomic mass is 9.88. The minimum Gasteiger partial charge on any atom is -0.480 e. The number of rotatable bonds is 4. The van der Waals surface area contributed by atoms with E-state index in [2.05, 4.69) is 27.5 Å². The predicted octanol–water partition coefficient (Wildman–Crippen LogP) is 0.190. The Balaban J connectivity index is 0.000000240. The molecule has 8 heteroatoms. The summed E-state index contributed by atoms with van der Waals surface area (Å²) in [5, 5.41) is 14.7. The zero-order valence-corrected chi connectivity index (χ0v) is 15.9. The quantitative estimate of drug-likeness (QED) is 0.615. The van der Waals surface area contributed by atoms with Crippen molar-refractivity contribution in [3.8, 4) is 0 Å². The molecule has 2 rings (SSSR count). The first-order valence-corrected chi connectivity index (χ1v) is 8.77. The van der Waals surface area contributed by atoms with Crippen LogP contribution < -0.4 is 10.6 Å². The third-order valence-electron chi connectivity index (χ3n) is 5.42. The van der Waals surface area contributed by atoms with E-state index in [1.165, 1.54) is 0 Å². The van der Waals surface area contributed by atoms with E-state index in [0.29, 0.717) is 12.8 Å². The number of hydrogen-bond donors (Lipinski definition) is 3. The molecule has 2 aliphatic rings. The molecule has 2 saturated heterocycles. The Morgan fingerprint density at radius 2 is 1.21 bits per heavy atom. The third kappa shape index (κ3) is 5.13. The first-order valence-electron chi connectivity index (χ1n) is 8.39. The number of carboxylic acid groups (broad SMARTS) is 1. The molecule has 3 N–H and O–H groups in total. The van der Waals surface area contributed by atoms with Crippen molar-refractivity contribution in [1.29, 1.82) is 0 Å². The van der Waals surface area contributed by atoms with Gasteiger partial charge in [-0.3, -0.25) is 9.59 Å². The van der Waals surface area contributed by atoms with Crippen molar-refractivity contribution in [3.63, 3.8) is 0 Å². The van der Waals surface area contributed by atoms with E-state index < -0.39 is 17.0 Å². The van der Waals surface area contributed by atoms with Crippen molar-refractivity contribution in [1.82, 2.24) is 20.4 Å². The predicted molar refractivity (Wildman–Crippen MR) is 95.5 cm³/mol. The van der Waals surface area contributed by atoms with E-state index in [4.69, 9.17) is 16.7 Å². The van der Waals surface area contributed by atoms with Gasteiger partial charge in [0.2, 0.25) is 5.24 Å². The SMILES string of the molecule is CNC1(C(=O)Cl)CCN(C)CC1.CNC1(C(=O)O)CCN(C)CC1. The van der Waals surface area contributed by atoms with E-state index >= 15 is 0 Å². The van der Waals surface area contributed by atoms with Crippen molar-refractivity contribution in [3.05, 3.63) is 0 Å². The fourth-order valence-corrected chi connectivity index (χ4v) is 3.40. The molecule has 0 bridgehead atoms. The number of likely N-dealkylation sites (tertiary alicyclic amines) is 2. The molecule has 7 nitrogen and oxygen atoms in total. The highest BCUT2D eigenvalue weighted by molar-refractivity contribution is 6.65. The number of carbonyl (C=O) groups is 2. The number of carbonyl (C=O) groups excluding carboxylic acids is 1.